The molecular formula is C12H16ClNO4. The lowest BCUT2D eigenvalue weighted by molar-refractivity contribution is -0.138. The molecule has 1 aromatic carbocycles. The Bertz CT molecular complexity index is 462. The fourth-order valence-corrected chi connectivity index (χ4v) is 2.05. The SMILES string of the molecule is COc1cc(Cl)c(C)c(C(CN)C(=O)O)c1OC. The Kier molecular flexibility index (Phi) is 4.81. The zero-order valence-corrected chi connectivity index (χ0v) is 11.2. The normalized spacial score (nSPS) is 12.1. The first-order valence-corrected chi connectivity index (χ1v) is 5.69. The number of hydrogen-bond acceptors (Lipinski definition) is 4. The Hall–Kier alpha value is -1.46. The van der Waals surface area contributed by atoms with E-state index in [1.54, 1.807) is 13.0 Å². The topological polar surface area (TPSA) is 81.8 Å². The standard InChI is InChI=1S/C12H16ClNO4/c1-6-8(13)4-9(17-2)11(18-3)10(6)7(5-14)12(15)16/h4,7H,5,14H2,1-3H3,(H,15,16). The van der Waals surface area contributed by atoms with Crippen LogP contribution < -0.4 is 15.2 Å². The van der Waals surface area contributed by atoms with E-state index in [-0.39, 0.29) is 6.54 Å². The molecule has 5 nitrogen and oxygen atoms in total. The number of carboxylic acid groups (broad SMARTS) is 1. The minimum absolute atomic E-state index is 0.0456. The van der Waals surface area contributed by atoms with Gasteiger partial charge in [0.25, 0.3) is 0 Å². The van der Waals surface area contributed by atoms with E-state index in [1.807, 2.05) is 0 Å². The first-order chi connectivity index (χ1) is 8.47. The summed E-state index contributed by atoms with van der Waals surface area (Å²) in [6.45, 7) is 1.68. The van der Waals surface area contributed by atoms with E-state index in [1.165, 1.54) is 14.2 Å². The van der Waals surface area contributed by atoms with Crippen LogP contribution in [-0.4, -0.2) is 31.8 Å². The molecule has 100 valence electrons. The lowest BCUT2D eigenvalue weighted by Crippen LogP contribution is -2.23. The maximum atomic E-state index is 11.2. The average Bonchev–Trinajstić information content (AvgIpc) is 2.34. The lowest BCUT2D eigenvalue weighted by atomic mass is 9.93. The van der Waals surface area contributed by atoms with Gasteiger partial charge in [-0.25, -0.2) is 0 Å². The number of halogens is 1. The van der Waals surface area contributed by atoms with E-state index in [2.05, 4.69) is 0 Å². The van der Waals surface area contributed by atoms with Crippen LogP contribution in [0.25, 0.3) is 0 Å². The fraction of sp³-hybridized carbons (Fsp3) is 0.417. The number of nitrogens with two attached hydrogens (primary N) is 1. The van der Waals surface area contributed by atoms with Crippen LogP contribution in [0.4, 0.5) is 0 Å². The highest BCUT2D eigenvalue weighted by molar-refractivity contribution is 6.31. The molecule has 1 rings (SSSR count). The Morgan fingerprint density at radius 2 is 2.11 bits per heavy atom. The second-order valence-corrected chi connectivity index (χ2v) is 4.17. The monoisotopic (exact) mass is 273 g/mol. The van der Waals surface area contributed by atoms with Crippen LogP contribution in [0.15, 0.2) is 6.07 Å². The lowest BCUT2D eigenvalue weighted by Gasteiger charge is -2.20. The van der Waals surface area contributed by atoms with Gasteiger partial charge in [-0.05, 0) is 12.5 Å². The van der Waals surface area contributed by atoms with Crippen LogP contribution in [-0.2, 0) is 4.79 Å². The molecule has 0 saturated carbocycles. The van der Waals surface area contributed by atoms with Crippen LogP contribution in [0, 0.1) is 6.92 Å². The van der Waals surface area contributed by atoms with Gasteiger partial charge < -0.3 is 20.3 Å². The van der Waals surface area contributed by atoms with Gasteiger partial charge in [-0.1, -0.05) is 11.6 Å². The highest BCUT2D eigenvalue weighted by Crippen LogP contribution is 2.41. The third-order valence-electron chi connectivity index (χ3n) is 2.79. The number of hydrogen-bond donors (Lipinski definition) is 2. The van der Waals surface area contributed by atoms with Crippen LogP contribution in [0.1, 0.15) is 17.0 Å². The van der Waals surface area contributed by atoms with Crippen molar-refractivity contribution < 1.29 is 19.4 Å². The second-order valence-electron chi connectivity index (χ2n) is 3.76. The molecule has 3 N–H and O–H groups in total. The average molecular weight is 274 g/mol. The van der Waals surface area contributed by atoms with Crippen molar-refractivity contribution in [3.05, 3.63) is 22.2 Å². The summed E-state index contributed by atoms with van der Waals surface area (Å²) in [6.07, 6.45) is 0. The molecule has 0 aliphatic carbocycles. The van der Waals surface area contributed by atoms with Crippen molar-refractivity contribution in [2.75, 3.05) is 20.8 Å². The first-order valence-electron chi connectivity index (χ1n) is 5.31. The van der Waals surface area contributed by atoms with E-state index in [9.17, 15) is 9.90 Å². The first kappa shape index (κ1) is 14.6. The molecule has 1 unspecified atom stereocenters. The summed E-state index contributed by atoms with van der Waals surface area (Å²) in [4.78, 5) is 11.2. The smallest absolute Gasteiger partial charge is 0.312 e. The molecule has 0 saturated heterocycles. The summed E-state index contributed by atoms with van der Waals surface area (Å²) in [5.41, 5.74) is 6.61. The molecule has 18 heavy (non-hydrogen) atoms. The molecule has 0 spiro atoms. The van der Waals surface area contributed by atoms with Gasteiger partial charge in [-0.3, -0.25) is 4.79 Å². The largest absolute Gasteiger partial charge is 0.493 e. The summed E-state index contributed by atoms with van der Waals surface area (Å²) in [7, 11) is 2.91. The third kappa shape index (κ3) is 2.52. The quantitative estimate of drug-likeness (QED) is 0.855. The number of carbonyl (C=O) groups is 1. The molecule has 1 aromatic rings. The molecule has 0 radical (unpaired) electrons. The van der Waals surface area contributed by atoms with Crippen molar-refractivity contribution in [3.63, 3.8) is 0 Å². The zero-order chi connectivity index (χ0) is 13.9. The van der Waals surface area contributed by atoms with Crippen molar-refractivity contribution in [2.24, 2.45) is 5.73 Å². The molecule has 0 amide bonds. The maximum absolute atomic E-state index is 11.2. The fourth-order valence-electron chi connectivity index (χ4n) is 1.84. The van der Waals surface area contributed by atoms with E-state index in [0.29, 0.717) is 27.6 Å². The predicted molar refractivity (Wildman–Crippen MR) is 68.7 cm³/mol. The van der Waals surface area contributed by atoms with Gasteiger partial charge in [-0.15, -0.1) is 0 Å². The summed E-state index contributed by atoms with van der Waals surface area (Å²) < 4.78 is 10.4. The summed E-state index contributed by atoms with van der Waals surface area (Å²) in [5.74, 6) is -1.16. The minimum Gasteiger partial charge on any atom is -0.493 e. The van der Waals surface area contributed by atoms with E-state index in [0.717, 1.165) is 0 Å². The number of aliphatic carboxylic acids is 1. The van der Waals surface area contributed by atoms with Crippen molar-refractivity contribution >= 4 is 17.6 Å². The Balaban J connectivity index is 3.57. The van der Waals surface area contributed by atoms with Crippen molar-refractivity contribution in [2.45, 2.75) is 12.8 Å². The van der Waals surface area contributed by atoms with Crippen molar-refractivity contribution in [1.29, 1.82) is 0 Å². The van der Waals surface area contributed by atoms with Gasteiger partial charge in [0.15, 0.2) is 11.5 Å². The highest BCUT2D eigenvalue weighted by atomic mass is 35.5. The van der Waals surface area contributed by atoms with Gasteiger partial charge in [-0.2, -0.15) is 0 Å². The summed E-state index contributed by atoms with van der Waals surface area (Å²) in [6, 6.07) is 1.59. The number of benzene rings is 1. The highest BCUT2D eigenvalue weighted by Gasteiger charge is 2.27. The van der Waals surface area contributed by atoms with Crippen molar-refractivity contribution in [1.82, 2.24) is 0 Å². The molecule has 0 bridgehead atoms. The van der Waals surface area contributed by atoms with Crippen LogP contribution in [0.2, 0.25) is 5.02 Å². The van der Waals surface area contributed by atoms with Crippen LogP contribution >= 0.6 is 11.6 Å². The van der Waals surface area contributed by atoms with E-state index >= 15 is 0 Å². The van der Waals surface area contributed by atoms with Gasteiger partial charge in [0, 0.05) is 23.2 Å². The molecule has 0 heterocycles. The Morgan fingerprint density at radius 1 is 1.50 bits per heavy atom. The predicted octanol–water partition coefficient (Wildman–Crippen LogP) is 1.79. The number of carboxylic acids is 1. The molecule has 0 aliphatic heterocycles. The summed E-state index contributed by atoms with van der Waals surface area (Å²) >= 11 is 6.06. The molecule has 0 aliphatic rings. The van der Waals surface area contributed by atoms with Gasteiger partial charge in [0.05, 0.1) is 20.1 Å². The molecule has 6 heteroatoms. The van der Waals surface area contributed by atoms with Crippen LogP contribution in [0.3, 0.4) is 0 Å². The molecule has 0 aromatic heterocycles. The number of rotatable bonds is 5. The van der Waals surface area contributed by atoms with Gasteiger partial charge in [0.1, 0.15) is 0 Å². The second kappa shape index (κ2) is 5.93. The van der Waals surface area contributed by atoms with Gasteiger partial charge >= 0.3 is 5.97 Å². The maximum Gasteiger partial charge on any atom is 0.312 e. The molecular weight excluding hydrogens is 258 g/mol. The third-order valence-corrected chi connectivity index (χ3v) is 3.19. The van der Waals surface area contributed by atoms with E-state index < -0.39 is 11.9 Å². The van der Waals surface area contributed by atoms with Gasteiger partial charge in [0.2, 0.25) is 0 Å². The Morgan fingerprint density at radius 3 is 2.50 bits per heavy atom. The van der Waals surface area contributed by atoms with E-state index in [4.69, 9.17) is 26.8 Å². The molecule has 0 fully saturated rings. The zero-order valence-electron chi connectivity index (χ0n) is 10.5. The Labute approximate surface area is 110 Å². The summed E-state index contributed by atoms with van der Waals surface area (Å²) in [5, 5.41) is 9.62. The minimum atomic E-state index is -1.02. The number of methoxy groups -OCH3 is 2. The molecule has 1 atom stereocenters. The number of ether oxygens (including phenoxy) is 2. The van der Waals surface area contributed by atoms with Crippen LogP contribution in [0.5, 0.6) is 11.5 Å². The van der Waals surface area contributed by atoms with Crippen molar-refractivity contribution in [3.8, 4) is 11.5 Å².